The molecule has 0 amide bonds. The first-order valence-corrected chi connectivity index (χ1v) is 29.5. The highest BCUT2D eigenvalue weighted by Gasteiger charge is 2.30. The van der Waals surface area contributed by atoms with Crippen LogP contribution < -0.4 is 0 Å². The van der Waals surface area contributed by atoms with Crippen molar-refractivity contribution in [3.63, 3.8) is 0 Å². The average molecular weight is 1090 g/mol. The molecule has 0 spiro atoms. The van der Waals surface area contributed by atoms with Crippen LogP contribution in [-0.2, 0) is 0 Å². The molecule has 1 aliphatic carbocycles. The van der Waals surface area contributed by atoms with Crippen molar-refractivity contribution in [1.29, 1.82) is 0 Å². The monoisotopic (exact) mass is 1090 g/mol. The minimum atomic E-state index is 0.669. The van der Waals surface area contributed by atoms with Gasteiger partial charge in [0.05, 0.1) is 55.4 Å². The van der Waals surface area contributed by atoms with Gasteiger partial charge in [-0.3, -0.25) is 4.57 Å². The molecule has 19 rings (SSSR count). The maximum Gasteiger partial charge on any atom is 0.162 e. The molecule has 6 heteroatoms. The van der Waals surface area contributed by atoms with Crippen LogP contribution in [0.4, 0.5) is 0 Å². The van der Waals surface area contributed by atoms with Crippen LogP contribution in [0.3, 0.4) is 0 Å². The molecule has 0 saturated heterocycles. The Hall–Kier alpha value is -11.6. The number of hydrogen-bond acceptors (Lipinski definition) is 2. The number of aromatic nitrogens is 6. The summed E-state index contributed by atoms with van der Waals surface area (Å²) in [6, 6.07) is 106. The standard InChI is InChI=1S/C80H48N6/c1-3-21-55(22-4-1)83-68-32-11-7-26-58(68)64-45-50(36-40-72(64)83)52-38-42-74-66(47-52)60-28-9-13-34-70(60)85(74)57-25-15-20-54(44-57)79-81-78-63-31-17-19-49-18-16-30-62(76(49)63)77(78)80(82-79)86-71-35-14-10-29-61(71)67-48-53(39-43-75(67)86)51-37-41-73-65(46-51)59-27-8-12-33-69(59)84(73)56-23-5-2-6-24-56/h1-48H. The number of benzene rings is 13. The van der Waals surface area contributed by atoms with Gasteiger partial charge in [-0.25, -0.2) is 9.97 Å². The highest BCUT2D eigenvalue weighted by molar-refractivity contribution is 6.19. The van der Waals surface area contributed by atoms with Gasteiger partial charge >= 0.3 is 0 Å². The molecule has 0 N–H and O–H groups in total. The topological polar surface area (TPSA) is 45.5 Å². The van der Waals surface area contributed by atoms with E-state index in [4.69, 9.17) is 9.97 Å². The van der Waals surface area contributed by atoms with Gasteiger partial charge in [0.1, 0.15) is 5.82 Å². The van der Waals surface area contributed by atoms with E-state index in [9.17, 15) is 0 Å². The van der Waals surface area contributed by atoms with Crippen molar-refractivity contribution in [3.05, 3.63) is 291 Å². The van der Waals surface area contributed by atoms with E-state index in [0.29, 0.717) is 5.82 Å². The van der Waals surface area contributed by atoms with Gasteiger partial charge in [-0.2, -0.15) is 0 Å². The lowest BCUT2D eigenvalue weighted by Crippen LogP contribution is -2.05. The molecule has 13 aromatic carbocycles. The molecule has 398 valence electrons. The van der Waals surface area contributed by atoms with E-state index in [1.165, 1.54) is 92.6 Å². The predicted octanol–water partition coefficient (Wildman–Crippen LogP) is 20.7. The van der Waals surface area contributed by atoms with E-state index in [0.717, 1.165) is 78.5 Å². The molecule has 0 fully saturated rings. The third-order valence-electron chi connectivity index (χ3n) is 18.3. The van der Waals surface area contributed by atoms with Gasteiger partial charge in [-0.1, -0.05) is 182 Å². The Bertz CT molecular complexity index is 5890. The van der Waals surface area contributed by atoms with Crippen molar-refractivity contribution in [2.24, 2.45) is 0 Å². The van der Waals surface area contributed by atoms with E-state index in [1.807, 2.05) is 0 Å². The van der Waals surface area contributed by atoms with Crippen molar-refractivity contribution in [3.8, 4) is 78.9 Å². The summed E-state index contributed by atoms with van der Waals surface area (Å²) in [6.45, 7) is 0. The van der Waals surface area contributed by atoms with Crippen LogP contribution in [0.25, 0.3) is 177 Å². The largest absolute Gasteiger partial charge is 0.309 e. The first-order chi connectivity index (χ1) is 42.7. The van der Waals surface area contributed by atoms with Crippen molar-refractivity contribution < 1.29 is 0 Å². The molecule has 0 atom stereocenters. The summed E-state index contributed by atoms with van der Waals surface area (Å²) in [6.07, 6.45) is 0. The minimum absolute atomic E-state index is 0.669. The van der Waals surface area contributed by atoms with Crippen molar-refractivity contribution in [1.82, 2.24) is 28.2 Å². The fraction of sp³-hybridized carbons (Fsp3) is 0. The number of hydrogen-bond donors (Lipinski definition) is 0. The summed E-state index contributed by atoms with van der Waals surface area (Å²) in [5, 5.41) is 12.1. The molecule has 0 bridgehead atoms. The molecule has 0 saturated carbocycles. The van der Waals surface area contributed by atoms with Crippen LogP contribution in [0.1, 0.15) is 0 Å². The fourth-order valence-electron chi connectivity index (χ4n) is 14.5. The lowest BCUT2D eigenvalue weighted by atomic mass is 10.0. The fourth-order valence-corrected chi connectivity index (χ4v) is 14.5. The maximum atomic E-state index is 5.79. The Kier molecular flexibility index (Phi) is 9.80. The van der Waals surface area contributed by atoms with Crippen LogP contribution >= 0.6 is 0 Å². The second-order valence-electron chi connectivity index (χ2n) is 22.9. The highest BCUT2D eigenvalue weighted by atomic mass is 15.1. The summed E-state index contributed by atoms with van der Waals surface area (Å²) in [4.78, 5) is 11.4. The normalized spacial score (nSPS) is 12.2. The quantitative estimate of drug-likeness (QED) is 0.160. The number of nitrogens with zero attached hydrogens (tertiary/aromatic N) is 6. The Balaban J connectivity index is 0.766. The van der Waals surface area contributed by atoms with Gasteiger partial charge in [0.2, 0.25) is 0 Å². The van der Waals surface area contributed by atoms with Gasteiger partial charge in [-0.15, -0.1) is 0 Å². The van der Waals surface area contributed by atoms with Gasteiger partial charge in [0, 0.05) is 71.3 Å². The number of fused-ring (bicyclic) bond motifs is 15. The molecule has 0 aliphatic heterocycles. The zero-order chi connectivity index (χ0) is 56.1. The summed E-state index contributed by atoms with van der Waals surface area (Å²) >= 11 is 0. The molecule has 18 aromatic rings. The zero-order valence-corrected chi connectivity index (χ0v) is 46.4. The van der Waals surface area contributed by atoms with E-state index >= 15 is 0 Å². The zero-order valence-electron chi connectivity index (χ0n) is 46.4. The van der Waals surface area contributed by atoms with Crippen LogP contribution in [0.15, 0.2) is 291 Å². The van der Waals surface area contributed by atoms with E-state index < -0.39 is 0 Å². The lowest BCUT2D eigenvalue weighted by molar-refractivity contribution is 1.05. The van der Waals surface area contributed by atoms with Crippen molar-refractivity contribution in [2.75, 3.05) is 0 Å². The molecule has 5 aromatic heterocycles. The van der Waals surface area contributed by atoms with Gasteiger partial charge in [0.25, 0.3) is 0 Å². The van der Waals surface area contributed by atoms with Gasteiger partial charge in [-0.05, 0) is 148 Å². The Morgan fingerprint density at radius 2 is 0.605 bits per heavy atom. The van der Waals surface area contributed by atoms with Crippen molar-refractivity contribution >= 4 is 98.0 Å². The highest BCUT2D eigenvalue weighted by Crippen LogP contribution is 2.51. The minimum Gasteiger partial charge on any atom is -0.309 e. The number of rotatable bonds is 7. The molecular formula is C80H48N6. The molecule has 5 heterocycles. The third kappa shape index (κ3) is 6.72. The summed E-state index contributed by atoms with van der Waals surface area (Å²) in [7, 11) is 0. The molecule has 0 unspecified atom stereocenters. The number of para-hydroxylation sites is 6. The first kappa shape index (κ1) is 46.9. The Morgan fingerprint density at radius 3 is 1.08 bits per heavy atom. The summed E-state index contributed by atoms with van der Waals surface area (Å²) < 4.78 is 9.56. The van der Waals surface area contributed by atoms with E-state index in [2.05, 4.69) is 309 Å². The van der Waals surface area contributed by atoms with Gasteiger partial charge < -0.3 is 13.7 Å². The Morgan fingerprint density at radius 1 is 0.233 bits per heavy atom. The molecule has 0 radical (unpaired) electrons. The van der Waals surface area contributed by atoms with E-state index in [1.54, 1.807) is 0 Å². The van der Waals surface area contributed by atoms with E-state index in [-0.39, 0.29) is 0 Å². The summed E-state index contributed by atoms with van der Waals surface area (Å²) in [5.41, 5.74) is 22.5. The maximum absolute atomic E-state index is 5.79. The second kappa shape index (κ2) is 18.0. The van der Waals surface area contributed by atoms with Gasteiger partial charge in [0.15, 0.2) is 5.82 Å². The van der Waals surface area contributed by atoms with Crippen LogP contribution in [0, 0.1) is 0 Å². The first-order valence-electron chi connectivity index (χ1n) is 29.5. The molecule has 1 aliphatic rings. The second-order valence-corrected chi connectivity index (χ2v) is 22.9. The van der Waals surface area contributed by atoms with Crippen LogP contribution in [-0.4, -0.2) is 28.2 Å². The predicted molar refractivity (Wildman–Crippen MR) is 358 cm³/mol. The molecule has 86 heavy (non-hydrogen) atoms. The Labute approximate surface area is 493 Å². The lowest BCUT2D eigenvalue weighted by Gasteiger charge is -2.16. The summed E-state index contributed by atoms with van der Waals surface area (Å²) in [5.74, 6) is 1.53. The van der Waals surface area contributed by atoms with Crippen molar-refractivity contribution in [2.45, 2.75) is 0 Å². The smallest absolute Gasteiger partial charge is 0.162 e. The third-order valence-corrected chi connectivity index (χ3v) is 18.3. The molecule has 6 nitrogen and oxygen atoms in total. The van der Waals surface area contributed by atoms with Crippen LogP contribution in [0.5, 0.6) is 0 Å². The average Bonchev–Trinajstić information content (AvgIpc) is 4.48. The SMILES string of the molecule is c1ccc(-n2c3ccccc3c3cc(-c4ccc5c(c4)c4ccccc4n5-c4cccc(-c5nc6c(c(-n7c8ccccc8c8cc(-c9ccc%10c(c9)c9ccccc9n%10-c9ccccc9)ccc87)n5)-c5cccc7cccc-6c57)c4)ccc32)cc1. The van der Waals surface area contributed by atoms with Crippen LogP contribution in [0.2, 0.25) is 0 Å². The molecular weight excluding hydrogens is 1040 g/mol.